The van der Waals surface area contributed by atoms with Crippen molar-refractivity contribution in [2.24, 2.45) is 17.3 Å². The maximum Gasteiger partial charge on any atom is 0.0467 e. The number of hydrogen-bond acceptors (Lipinski definition) is 2. The van der Waals surface area contributed by atoms with Crippen LogP contribution in [0.3, 0.4) is 0 Å². The molecular formula is C7H16NOP. The fraction of sp³-hybridized carbons (Fsp3) is 1.00. The lowest BCUT2D eigenvalue weighted by molar-refractivity contribution is 0.255. The van der Waals surface area contributed by atoms with Gasteiger partial charge in [-0.25, -0.2) is 0 Å². The van der Waals surface area contributed by atoms with Crippen LogP contribution in [0.5, 0.6) is 0 Å². The van der Waals surface area contributed by atoms with Crippen LogP contribution in [-0.4, -0.2) is 18.3 Å². The van der Waals surface area contributed by atoms with Gasteiger partial charge in [0.05, 0.1) is 0 Å². The van der Waals surface area contributed by atoms with Crippen molar-refractivity contribution < 1.29 is 5.11 Å². The predicted molar refractivity (Wildman–Crippen MR) is 45.6 cm³/mol. The third kappa shape index (κ3) is 1.20. The highest BCUT2D eigenvalue weighted by atomic mass is 31.0. The Hall–Kier alpha value is 0.350. The van der Waals surface area contributed by atoms with E-state index < -0.39 is 0 Å². The minimum atomic E-state index is 0.337. The zero-order valence-corrected chi connectivity index (χ0v) is 7.75. The topological polar surface area (TPSA) is 32.3 Å². The molecule has 3 heteroatoms. The van der Waals surface area contributed by atoms with E-state index in [1.54, 1.807) is 0 Å². The molecule has 2 nitrogen and oxygen atoms in total. The van der Waals surface area contributed by atoms with Crippen LogP contribution in [0.1, 0.15) is 13.8 Å². The molecule has 0 saturated heterocycles. The van der Waals surface area contributed by atoms with Gasteiger partial charge in [0.25, 0.3) is 0 Å². The van der Waals surface area contributed by atoms with Crippen LogP contribution in [0.15, 0.2) is 0 Å². The molecule has 0 aromatic carbocycles. The summed E-state index contributed by atoms with van der Waals surface area (Å²) in [5, 5.41) is 12.0. The fourth-order valence-electron chi connectivity index (χ4n) is 1.75. The number of rotatable bonds is 3. The van der Waals surface area contributed by atoms with Gasteiger partial charge < -0.3 is 10.2 Å². The molecule has 0 amide bonds. The van der Waals surface area contributed by atoms with Crippen LogP contribution >= 0.6 is 9.39 Å². The van der Waals surface area contributed by atoms with E-state index in [-0.39, 0.29) is 0 Å². The zero-order chi connectivity index (χ0) is 7.78. The van der Waals surface area contributed by atoms with Gasteiger partial charge in [-0.15, -0.1) is 0 Å². The summed E-state index contributed by atoms with van der Waals surface area (Å²) < 4.78 is 0. The van der Waals surface area contributed by atoms with Crippen LogP contribution in [0.2, 0.25) is 0 Å². The van der Waals surface area contributed by atoms with Crippen molar-refractivity contribution in [1.82, 2.24) is 5.09 Å². The smallest absolute Gasteiger partial charge is 0.0467 e. The molecule has 0 bridgehead atoms. The normalized spacial score (nSPS) is 36.0. The van der Waals surface area contributed by atoms with Gasteiger partial charge in [-0.2, -0.15) is 0 Å². The molecule has 1 aliphatic rings. The molecule has 1 fully saturated rings. The van der Waals surface area contributed by atoms with Gasteiger partial charge in [-0.3, -0.25) is 0 Å². The Morgan fingerprint density at radius 2 is 2.10 bits per heavy atom. The predicted octanol–water partition coefficient (Wildman–Crippen LogP) is 0.631. The van der Waals surface area contributed by atoms with E-state index >= 15 is 0 Å². The van der Waals surface area contributed by atoms with Gasteiger partial charge in [0.2, 0.25) is 0 Å². The van der Waals surface area contributed by atoms with E-state index in [9.17, 15) is 0 Å². The maximum absolute atomic E-state index is 8.90. The average Bonchev–Trinajstić information content (AvgIpc) is 2.36. The van der Waals surface area contributed by atoms with Crippen molar-refractivity contribution in [1.29, 1.82) is 0 Å². The van der Waals surface area contributed by atoms with Gasteiger partial charge in [-0.05, 0) is 17.3 Å². The molecule has 0 aromatic heterocycles. The summed E-state index contributed by atoms with van der Waals surface area (Å²) in [5.74, 6) is 1.18. The Morgan fingerprint density at radius 1 is 1.50 bits per heavy atom. The van der Waals surface area contributed by atoms with Gasteiger partial charge in [0, 0.05) is 13.2 Å². The highest BCUT2D eigenvalue weighted by molar-refractivity contribution is 7.13. The summed E-state index contributed by atoms with van der Waals surface area (Å²) >= 11 is 0. The van der Waals surface area contributed by atoms with Crippen molar-refractivity contribution in [2.45, 2.75) is 13.8 Å². The first-order valence-corrected chi connectivity index (χ1v) is 4.26. The lowest BCUT2D eigenvalue weighted by Crippen LogP contribution is -2.06. The average molecular weight is 161 g/mol. The van der Waals surface area contributed by atoms with E-state index in [4.69, 9.17) is 5.11 Å². The Bertz CT molecular complexity index is 127. The summed E-state index contributed by atoms with van der Waals surface area (Å²) in [6.07, 6.45) is 0. The van der Waals surface area contributed by atoms with Gasteiger partial charge >= 0.3 is 0 Å². The molecule has 1 aliphatic carbocycles. The molecule has 1 saturated carbocycles. The lowest BCUT2D eigenvalue weighted by atomic mass is 10.1. The second-order valence-electron chi connectivity index (χ2n) is 3.63. The molecular weight excluding hydrogens is 145 g/mol. The van der Waals surface area contributed by atoms with Crippen molar-refractivity contribution in [3.63, 3.8) is 0 Å². The Morgan fingerprint density at radius 3 is 2.40 bits per heavy atom. The Balaban J connectivity index is 2.37. The number of aliphatic hydroxyl groups is 1. The molecule has 0 radical (unpaired) electrons. The second-order valence-corrected chi connectivity index (χ2v) is 4.03. The van der Waals surface area contributed by atoms with Crippen molar-refractivity contribution in [3.8, 4) is 0 Å². The zero-order valence-electron chi connectivity index (χ0n) is 6.59. The van der Waals surface area contributed by atoms with Crippen LogP contribution in [0.25, 0.3) is 0 Å². The van der Waals surface area contributed by atoms with E-state index in [0.29, 0.717) is 23.9 Å². The van der Waals surface area contributed by atoms with Crippen molar-refractivity contribution >= 4 is 9.39 Å². The van der Waals surface area contributed by atoms with Crippen LogP contribution in [-0.2, 0) is 0 Å². The van der Waals surface area contributed by atoms with Crippen molar-refractivity contribution in [3.05, 3.63) is 0 Å². The van der Waals surface area contributed by atoms with E-state index in [1.807, 2.05) is 0 Å². The van der Waals surface area contributed by atoms with Crippen LogP contribution < -0.4 is 5.09 Å². The second kappa shape index (κ2) is 2.77. The molecule has 60 valence electrons. The molecule has 3 atom stereocenters. The van der Waals surface area contributed by atoms with Crippen LogP contribution in [0.4, 0.5) is 0 Å². The highest BCUT2D eigenvalue weighted by Crippen LogP contribution is 2.57. The first-order valence-electron chi connectivity index (χ1n) is 3.69. The Kier molecular flexibility index (Phi) is 2.34. The minimum absolute atomic E-state index is 0.337. The maximum atomic E-state index is 8.90. The third-order valence-electron chi connectivity index (χ3n) is 2.82. The number of hydrogen-bond donors (Lipinski definition) is 2. The SMILES string of the molecule is CC1(C)[C@H](CO)[C@@H]1CNP. The van der Waals surface area contributed by atoms with Crippen molar-refractivity contribution in [2.75, 3.05) is 13.2 Å². The summed E-state index contributed by atoms with van der Waals surface area (Å²) in [6.45, 7) is 5.76. The highest BCUT2D eigenvalue weighted by Gasteiger charge is 2.56. The number of aliphatic hydroxyl groups excluding tert-OH is 1. The lowest BCUT2D eigenvalue weighted by Gasteiger charge is -1.99. The van der Waals surface area contributed by atoms with Gasteiger partial charge in [-0.1, -0.05) is 23.2 Å². The molecule has 0 aliphatic heterocycles. The van der Waals surface area contributed by atoms with E-state index in [1.165, 1.54) is 0 Å². The molecule has 1 unspecified atom stereocenters. The molecule has 10 heavy (non-hydrogen) atoms. The largest absolute Gasteiger partial charge is 0.396 e. The summed E-state index contributed by atoms with van der Waals surface area (Å²) in [7, 11) is 2.50. The molecule has 1 rings (SSSR count). The van der Waals surface area contributed by atoms with E-state index in [2.05, 4.69) is 28.3 Å². The molecule has 2 N–H and O–H groups in total. The first-order chi connectivity index (χ1) is 4.64. The summed E-state index contributed by atoms with van der Waals surface area (Å²) in [6, 6.07) is 0. The fourth-order valence-corrected chi connectivity index (χ4v) is 2.01. The molecule has 0 spiro atoms. The Labute approximate surface area is 64.7 Å². The van der Waals surface area contributed by atoms with E-state index in [0.717, 1.165) is 6.54 Å². The minimum Gasteiger partial charge on any atom is -0.396 e. The van der Waals surface area contributed by atoms with Crippen LogP contribution in [0, 0.1) is 17.3 Å². The van der Waals surface area contributed by atoms with Gasteiger partial charge in [0.1, 0.15) is 0 Å². The monoisotopic (exact) mass is 161 g/mol. The molecule has 0 aromatic rings. The van der Waals surface area contributed by atoms with Gasteiger partial charge in [0.15, 0.2) is 0 Å². The quantitative estimate of drug-likeness (QED) is 0.595. The third-order valence-corrected chi connectivity index (χ3v) is 3.06. The number of nitrogens with one attached hydrogen (secondary N) is 1. The summed E-state index contributed by atoms with van der Waals surface area (Å²) in [4.78, 5) is 0. The first kappa shape index (κ1) is 8.45. The summed E-state index contributed by atoms with van der Waals surface area (Å²) in [5.41, 5.74) is 0.359. The standard InChI is InChI=1S/C7H16NOP/c1-7(2)5(3-8-10)6(7)4-9/h5-6,8-9H,3-4,10H2,1-2H3/t5-,6+/m0/s1. The molecule has 0 heterocycles.